The summed E-state index contributed by atoms with van der Waals surface area (Å²) in [5, 5.41) is 10.9. The Kier molecular flexibility index (Phi) is 6.71. The van der Waals surface area contributed by atoms with Crippen LogP contribution in [0.5, 0.6) is 5.75 Å². The Morgan fingerprint density at radius 3 is 2.65 bits per heavy atom. The lowest BCUT2D eigenvalue weighted by molar-refractivity contribution is 0.102. The van der Waals surface area contributed by atoms with Crippen molar-refractivity contribution in [3.05, 3.63) is 54.4 Å². The number of nitrogens with one attached hydrogen (secondary N) is 2. The van der Waals surface area contributed by atoms with Crippen LogP contribution in [-0.4, -0.2) is 42.2 Å². The van der Waals surface area contributed by atoms with Crippen molar-refractivity contribution in [1.82, 2.24) is 19.5 Å². The Morgan fingerprint density at radius 1 is 1.19 bits per heavy atom. The number of aryl methyl sites for hydroxylation is 1. The minimum Gasteiger partial charge on any atom is -0.495 e. The highest BCUT2D eigenvalue weighted by Crippen LogP contribution is 2.26. The average molecular weight is 444 g/mol. The van der Waals surface area contributed by atoms with E-state index in [1.807, 2.05) is 17.6 Å². The zero-order chi connectivity index (χ0) is 22.6. The molecule has 0 fully saturated rings. The summed E-state index contributed by atoms with van der Waals surface area (Å²) in [7, 11) is -2.47. The van der Waals surface area contributed by atoms with Gasteiger partial charge < -0.3 is 14.6 Å². The number of ether oxygens (including phenoxy) is 1. The summed E-state index contributed by atoms with van der Waals surface area (Å²) < 4.78 is 34.9. The molecule has 164 valence electrons. The molecule has 2 aromatic carbocycles. The minimum atomic E-state index is -3.85. The van der Waals surface area contributed by atoms with Gasteiger partial charge in [-0.1, -0.05) is 12.1 Å². The van der Waals surface area contributed by atoms with Crippen molar-refractivity contribution in [3.8, 4) is 17.1 Å². The van der Waals surface area contributed by atoms with E-state index in [0.717, 1.165) is 5.56 Å². The molecule has 0 saturated carbocycles. The van der Waals surface area contributed by atoms with E-state index in [4.69, 9.17) is 4.74 Å². The van der Waals surface area contributed by atoms with Gasteiger partial charge in [0.15, 0.2) is 5.82 Å². The van der Waals surface area contributed by atoms with Gasteiger partial charge in [-0.05, 0) is 51.1 Å². The third-order valence-electron chi connectivity index (χ3n) is 4.44. The maximum absolute atomic E-state index is 12.8. The molecule has 3 aromatic rings. The normalized spacial score (nSPS) is 11.5. The van der Waals surface area contributed by atoms with E-state index in [1.54, 1.807) is 38.4 Å². The molecule has 9 nitrogen and oxygen atoms in total. The highest BCUT2D eigenvalue weighted by Gasteiger charge is 2.22. The quantitative estimate of drug-likeness (QED) is 0.553. The molecular formula is C21H25N5O4S. The van der Waals surface area contributed by atoms with Gasteiger partial charge in [0.2, 0.25) is 10.0 Å². The first kappa shape index (κ1) is 22.4. The van der Waals surface area contributed by atoms with Gasteiger partial charge in [0.1, 0.15) is 17.0 Å². The first-order valence-electron chi connectivity index (χ1n) is 9.75. The highest BCUT2D eigenvalue weighted by molar-refractivity contribution is 7.89. The first-order valence-corrected chi connectivity index (χ1v) is 11.2. The van der Waals surface area contributed by atoms with Gasteiger partial charge >= 0.3 is 0 Å². The van der Waals surface area contributed by atoms with Crippen molar-refractivity contribution in [2.75, 3.05) is 12.4 Å². The Balaban J connectivity index is 1.89. The standard InChI is InChI=1S/C21H25N5O4S/c1-5-26-13-22-24-20(26)15-7-6-8-17(11-15)23-21(27)16-9-10-18(30-4)19(12-16)31(28,29)25-14(2)3/h6-14,25H,5H2,1-4H3,(H,23,27). The van der Waals surface area contributed by atoms with E-state index in [9.17, 15) is 13.2 Å². The van der Waals surface area contributed by atoms with Gasteiger partial charge in [0, 0.05) is 29.4 Å². The van der Waals surface area contributed by atoms with E-state index in [0.29, 0.717) is 18.1 Å². The van der Waals surface area contributed by atoms with E-state index in [-0.39, 0.29) is 22.3 Å². The van der Waals surface area contributed by atoms with Gasteiger partial charge in [-0.2, -0.15) is 0 Å². The molecule has 0 saturated heterocycles. The molecule has 0 bridgehead atoms. The minimum absolute atomic E-state index is 0.0962. The van der Waals surface area contributed by atoms with E-state index in [1.165, 1.54) is 25.3 Å². The van der Waals surface area contributed by atoms with Crippen molar-refractivity contribution >= 4 is 21.6 Å². The molecule has 0 aliphatic heterocycles. The number of anilines is 1. The SMILES string of the molecule is CCn1cnnc1-c1cccc(NC(=O)c2ccc(OC)c(S(=O)(=O)NC(C)C)c2)c1. The molecule has 0 aliphatic rings. The zero-order valence-corrected chi connectivity index (χ0v) is 18.6. The van der Waals surface area contributed by atoms with Gasteiger partial charge in [-0.25, -0.2) is 13.1 Å². The predicted octanol–water partition coefficient (Wildman–Crippen LogP) is 2.91. The van der Waals surface area contributed by atoms with Crippen LogP contribution in [0.15, 0.2) is 53.7 Å². The van der Waals surface area contributed by atoms with Crippen LogP contribution in [0, 0.1) is 0 Å². The second kappa shape index (κ2) is 9.27. The third kappa shape index (κ3) is 5.09. The van der Waals surface area contributed by atoms with Gasteiger partial charge in [0.25, 0.3) is 5.91 Å². The van der Waals surface area contributed by atoms with E-state index < -0.39 is 15.9 Å². The fourth-order valence-electron chi connectivity index (χ4n) is 3.05. The molecule has 1 aromatic heterocycles. The number of hydrogen-bond acceptors (Lipinski definition) is 6. The first-order chi connectivity index (χ1) is 14.7. The topological polar surface area (TPSA) is 115 Å². The summed E-state index contributed by atoms with van der Waals surface area (Å²) in [6.45, 7) is 6.13. The number of methoxy groups -OCH3 is 1. The Morgan fingerprint density at radius 2 is 1.97 bits per heavy atom. The summed E-state index contributed by atoms with van der Waals surface area (Å²) in [6, 6.07) is 11.2. The number of rotatable bonds is 8. The lowest BCUT2D eigenvalue weighted by atomic mass is 10.1. The number of nitrogens with zero attached hydrogens (tertiary/aromatic N) is 3. The molecule has 1 heterocycles. The van der Waals surface area contributed by atoms with Crippen LogP contribution >= 0.6 is 0 Å². The van der Waals surface area contributed by atoms with Crippen LogP contribution in [-0.2, 0) is 16.6 Å². The number of aromatic nitrogens is 3. The molecule has 1 amide bonds. The maximum atomic E-state index is 12.8. The van der Waals surface area contributed by atoms with Crippen LogP contribution in [0.2, 0.25) is 0 Å². The molecule has 0 aliphatic carbocycles. The number of benzene rings is 2. The van der Waals surface area contributed by atoms with Crippen molar-refractivity contribution < 1.29 is 17.9 Å². The van der Waals surface area contributed by atoms with Crippen molar-refractivity contribution in [2.45, 2.75) is 38.3 Å². The molecule has 10 heteroatoms. The monoisotopic (exact) mass is 443 g/mol. The number of amides is 1. The second-order valence-electron chi connectivity index (χ2n) is 7.12. The number of carbonyl (C=O) groups is 1. The van der Waals surface area contributed by atoms with E-state index >= 15 is 0 Å². The molecule has 0 spiro atoms. The van der Waals surface area contributed by atoms with E-state index in [2.05, 4.69) is 20.2 Å². The van der Waals surface area contributed by atoms with Crippen LogP contribution in [0.25, 0.3) is 11.4 Å². The van der Waals surface area contributed by atoms with Gasteiger partial charge in [-0.3, -0.25) is 4.79 Å². The van der Waals surface area contributed by atoms with Crippen LogP contribution in [0.3, 0.4) is 0 Å². The van der Waals surface area contributed by atoms with Gasteiger partial charge in [-0.15, -0.1) is 10.2 Å². The van der Waals surface area contributed by atoms with Crippen molar-refractivity contribution in [2.24, 2.45) is 0 Å². The van der Waals surface area contributed by atoms with Crippen LogP contribution in [0.1, 0.15) is 31.1 Å². The molecular weight excluding hydrogens is 418 g/mol. The summed E-state index contributed by atoms with van der Waals surface area (Å²) in [5.41, 5.74) is 1.54. The largest absolute Gasteiger partial charge is 0.495 e. The zero-order valence-electron chi connectivity index (χ0n) is 17.8. The number of sulfonamides is 1. The smallest absolute Gasteiger partial charge is 0.255 e. The molecule has 0 unspecified atom stereocenters. The maximum Gasteiger partial charge on any atom is 0.255 e. The fourth-order valence-corrected chi connectivity index (χ4v) is 4.50. The molecule has 0 radical (unpaired) electrons. The lowest BCUT2D eigenvalue weighted by Crippen LogP contribution is -2.30. The van der Waals surface area contributed by atoms with Crippen LogP contribution in [0.4, 0.5) is 5.69 Å². The molecule has 3 rings (SSSR count). The molecule has 2 N–H and O–H groups in total. The Hall–Kier alpha value is -3.24. The summed E-state index contributed by atoms with van der Waals surface area (Å²) in [6.07, 6.45) is 1.64. The molecule has 0 atom stereocenters. The number of hydrogen-bond donors (Lipinski definition) is 2. The summed E-state index contributed by atoms with van der Waals surface area (Å²) in [5.74, 6) is 0.402. The Bertz CT molecular complexity index is 1190. The highest BCUT2D eigenvalue weighted by atomic mass is 32.2. The summed E-state index contributed by atoms with van der Waals surface area (Å²) in [4.78, 5) is 12.7. The van der Waals surface area contributed by atoms with Gasteiger partial charge in [0.05, 0.1) is 7.11 Å². The predicted molar refractivity (Wildman–Crippen MR) is 118 cm³/mol. The average Bonchev–Trinajstić information content (AvgIpc) is 3.21. The second-order valence-corrected chi connectivity index (χ2v) is 8.80. The third-order valence-corrected chi connectivity index (χ3v) is 6.12. The Labute approximate surface area is 181 Å². The van der Waals surface area contributed by atoms with Crippen molar-refractivity contribution in [1.29, 1.82) is 0 Å². The lowest BCUT2D eigenvalue weighted by Gasteiger charge is -2.14. The van der Waals surface area contributed by atoms with Crippen LogP contribution < -0.4 is 14.8 Å². The molecule has 31 heavy (non-hydrogen) atoms. The fraction of sp³-hybridized carbons (Fsp3) is 0.286. The summed E-state index contributed by atoms with van der Waals surface area (Å²) >= 11 is 0. The number of carbonyl (C=O) groups excluding carboxylic acids is 1. The van der Waals surface area contributed by atoms with Crippen molar-refractivity contribution in [3.63, 3.8) is 0 Å².